The van der Waals surface area contributed by atoms with Crippen LogP contribution < -0.4 is 5.32 Å². The summed E-state index contributed by atoms with van der Waals surface area (Å²) in [6.45, 7) is 0. The first kappa shape index (κ1) is 14.5. The van der Waals surface area contributed by atoms with Crippen molar-refractivity contribution in [1.82, 2.24) is 14.8 Å². The number of amides is 1. The van der Waals surface area contributed by atoms with E-state index in [1.807, 2.05) is 25.2 Å². The van der Waals surface area contributed by atoms with E-state index in [0.29, 0.717) is 22.6 Å². The molecule has 0 atom stereocenters. The number of carbonyl (C=O) groups excluding carboxylic acids is 1. The lowest BCUT2D eigenvalue weighted by Gasteiger charge is -2.06. The number of aryl methyl sites for hydroxylation is 1. The fourth-order valence-corrected chi connectivity index (χ4v) is 2.07. The molecule has 23 heavy (non-hydrogen) atoms. The Bertz CT molecular complexity index is 873. The second-order valence-electron chi connectivity index (χ2n) is 4.96. The molecule has 2 aromatic carbocycles. The van der Waals surface area contributed by atoms with Gasteiger partial charge in [0, 0.05) is 23.9 Å². The number of nitrogens with one attached hydrogen (secondary N) is 1. The summed E-state index contributed by atoms with van der Waals surface area (Å²) in [6, 6.07) is 15.8. The SMILES string of the molecule is Cn1cnc(-c2ccc(NC(=O)c3ccc(C#N)cc3)cc2)n1. The number of nitrogens with zero attached hydrogens (tertiary/aromatic N) is 4. The molecule has 0 saturated carbocycles. The Kier molecular flexibility index (Phi) is 3.85. The average Bonchev–Trinajstić information content (AvgIpc) is 3.02. The van der Waals surface area contributed by atoms with Crippen LogP contribution >= 0.6 is 0 Å². The summed E-state index contributed by atoms with van der Waals surface area (Å²) in [6.07, 6.45) is 1.63. The summed E-state index contributed by atoms with van der Waals surface area (Å²) in [7, 11) is 1.81. The zero-order valence-corrected chi connectivity index (χ0v) is 12.4. The van der Waals surface area contributed by atoms with Crippen LogP contribution in [-0.2, 0) is 7.05 Å². The van der Waals surface area contributed by atoms with Crippen molar-refractivity contribution in [2.24, 2.45) is 7.05 Å². The van der Waals surface area contributed by atoms with Gasteiger partial charge in [-0.15, -0.1) is 0 Å². The van der Waals surface area contributed by atoms with E-state index < -0.39 is 0 Å². The van der Waals surface area contributed by atoms with Crippen LogP contribution in [0.3, 0.4) is 0 Å². The number of hydrogen-bond acceptors (Lipinski definition) is 4. The minimum absolute atomic E-state index is 0.224. The Morgan fingerprint density at radius 2 is 1.83 bits per heavy atom. The van der Waals surface area contributed by atoms with Crippen molar-refractivity contribution in [3.8, 4) is 17.5 Å². The summed E-state index contributed by atoms with van der Waals surface area (Å²) in [5.74, 6) is 0.413. The van der Waals surface area contributed by atoms with Gasteiger partial charge in [-0.2, -0.15) is 10.4 Å². The van der Waals surface area contributed by atoms with Crippen molar-refractivity contribution in [2.75, 3.05) is 5.32 Å². The fourth-order valence-electron chi connectivity index (χ4n) is 2.07. The van der Waals surface area contributed by atoms with Crippen LogP contribution in [0.4, 0.5) is 5.69 Å². The Morgan fingerprint density at radius 1 is 1.13 bits per heavy atom. The first-order chi connectivity index (χ1) is 11.2. The monoisotopic (exact) mass is 303 g/mol. The van der Waals surface area contributed by atoms with Crippen LogP contribution in [0.1, 0.15) is 15.9 Å². The van der Waals surface area contributed by atoms with Crippen LogP contribution in [-0.4, -0.2) is 20.7 Å². The van der Waals surface area contributed by atoms with Crippen molar-refractivity contribution in [1.29, 1.82) is 5.26 Å². The first-order valence-corrected chi connectivity index (χ1v) is 6.93. The van der Waals surface area contributed by atoms with Gasteiger partial charge in [-0.05, 0) is 48.5 Å². The molecule has 1 aromatic heterocycles. The lowest BCUT2D eigenvalue weighted by molar-refractivity contribution is 0.102. The maximum Gasteiger partial charge on any atom is 0.255 e. The van der Waals surface area contributed by atoms with Gasteiger partial charge >= 0.3 is 0 Å². The average molecular weight is 303 g/mol. The molecule has 0 unspecified atom stereocenters. The van der Waals surface area contributed by atoms with E-state index in [2.05, 4.69) is 15.4 Å². The Morgan fingerprint density at radius 3 is 2.39 bits per heavy atom. The molecule has 1 heterocycles. The second-order valence-corrected chi connectivity index (χ2v) is 4.96. The van der Waals surface area contributed by atoms with Crippen molar-refractivity contribution < 1.29 is 4.79 Å². The molecule has 0 aliphatic rings. The summed E-state index contributed by atoms with van der Waals surface area (Å²) in [4.78, 5) is 16.3. The predicted octanol–water partition coefficient (Wildman–Crippen LogP) is 2.61. The molecule has 3 rings (SSSR count). The minimum Gasteiger partial charge on any atom is -0.322 e. The molecule has 0 spiro atoms. The highest BCUT2D eigenvalue weighted by Crippen LogP contribution is 2.18. The third-order valence-electron chi connectivity index (χ3n) is 3.28. The number of anilines is 1. The van der Waals surface area contributed by atoms with Gasteiger partial charge in [0.15, 0.2) is 5.82 Å². The molecule has 6 nitrogen and oxygen atoms in total. The number of aromatic nitrogens is 3. The summed E-state index contributed by atoms with van der Waals surface area (Å²) < 4.78 is 1.63. The van der Waals surface area contributed by atoms with Gasteiger partial charge in [0.25, 0.3) is 5.91 Å². The van der Waals surface area contributed by atoms with E-state index in [4.69, 9.17) is 5.26 Å². The van der Waals surface area contributed by atoms with Crippen LogP contribution in [0.15, 0.2) is 54.9 Å². The van der Waals surface area contributed by atoms with Crippen molar-refractivity contribution in [3.63, 3.8) is 0 Å². The molecule has 6 heteroatoms. The number of rotatable bonds is 3. The van der Waals surface area contributed by atoms with Gasteiger partial charge in [0.1, 0.15) is 6.33 Å². The maximum atomic E-state index is 12.1. The molecular formula is C17H13N5O. The fraction of sp³-hybridized carbons (Fsp3) is 0.0588. The standard InChI is InChI=1S/C17H13N5O/c1-22-11-19-16(21-22)13-6-8-15(9-7-13)20-17(23)14-4-2-12(10-18)3-5-14/h2-9,11H,1H3,(H,20,23). The van der Waals surface area contributed by atoms with E-state index in [-0.39, 0.29) is 5.91 Å². The summed E-state index contributed by atoms with van der Waals surface area (Å²) in [5, 5.41) is 15.8. The molecule has 1 N–H and O–H groups in total. The van der Waals surface area contributed by atoms with Crippen LogP contribution in [0, 0.1) is 11.3 Å². The summed E-state index contributed by atoms with van der Waals surface area (Å²) >= 11 is 0. The zero-order valence-electron chi connectivity index (χ0n) is 12.4. The first-order valence-electron chi connectivity index (χ1n) is 6.93. The number of benzene rings is 2. The van der Waals surface area contributed by atoms with E-state index in [0.717, 1.165) is 5.56 Å². The molecule has 3 aromatic rings. The molecule has 0 bridgehead atoms. The Labute approximate surface area is 133 Å². The van der Waals surface area contributed by atoms with Crippen LogP contribution in [0.2, 0.25) is 0 Å². The lowest BCUT2D eigenvalue weighted by Crippen LogP contribution is -2.11. The predicted molar refractivity (Wildman–Crippen MR) is 85.5 cm³/mol. The highest BCUT2D eigenvalue weighted by molar-refractivity contribution is 6.04. The number of carbonyl (C=O) groups is 1. The third-order valence-corrected chi connectivity index (χ3v) is 3.28. The zero-order chi connectivity index (χ0) is 16.2. The van der Waals surface area contributed by atoms with E-state index >= 15 is 0 Å². The topological polar surface area (TPSA) is 83.6 Å². The highest BCUT2D eigenvalue weighted by atomic mass is 16.1. The van der Waals surface area contributed by atoms with Gasteiger partial charge in [-0.25, -0.2) is 4.98 Å². The molecule has 0 radical (unpaired) electrons. The molecule has 1 amide bonds. The van der Waals surface area contributed by atoms with E-state index in [1.165, 1.54) is 0 Å². The van der Waals surface area contributed by atoms with Gasteiger partial charge in [-0.1, -0.05) is 0 Å². The third kappa shape index (κ3) is 3.24. The van der Waals surface area contributed by atoms with Crippen molar-refractivity contribution in [2.45, 2.75) is 0 Å². The second kappa shape index (κ2) is 6.12. The van der Waals surface area contributed by atoms with Gasteiger partial charge < -0.3 is 5.32 Å². The normalized spacial score (nSPS) is 10.1. The summed E-state index contributed by atoms with van der Waals surface area (Å²) in [5.41, 5.74) is 2.58. The molecule has 0 aliphatic carbocycles. The van der Waals surface area contributed by atoms with Gasteiger partial charge in [-0.3, -0.25) is 9.48 Å². The van der Waals surface area contributed by atoms with E-state index in [9.17, 15) is 4.79 Å². The Balaban J connectivity index is 1.72. The van der Waals surface area contributed by atoms with E-state index in [1.54, 1.807) is 47.4 Å². The van der Waals surface area contributed by atoms with Gasteiger partial charge in [0.05, 0.1) is 11.6 Å². The smallest absolute Gasteiger partial charge is 0.255 e. The number of nitriles is 1. The molecule has 0 fully saturated rings. The quantitative estimate of drug-likeness (QED) is 0.806. The van der Waals surface area contributed by atoms with Gasteiger partial charge in [0.2, 0.25) is 0 Å². The van der Waals surface area contributed by atoms with Crippen molar-refractivity contribution in [3.05, 3.63) is 66.0 Å². The highest BCUT2D eigenvalue weighted by Gasteiger charge is 2.07. The molecule has 0 saturated heterocycles. The lowest BCUT2D eigenvalue weighted by atomic mass is 10.1. The molecule has 112 valence electrons. The molecular weight excluding hydrogens is 290 g/mol. The van der Waals surface area contributed by atoms with Crippen molar-refractivity contribution >= 4 is 11.6 Å². The largest absolute Gasteiger partial charge is 0.322 e. The minimum atomic E-state index is -0.224. The van der Waals surface area contributed by atoms with Crippen LogP contribution in [0.5, 0.6) is 0 Å². The molecule has 0 aliphatic heterocycles. The maximum absolute atomic E-state index is 12.1. The Hall–Kier alpha value is -3.46. The van der Waals surface area contributed by atoms with Crippen LogP contribution in [0.25, 0.3) is 11.4 Å². The number of hydrogen-bond donors (Lipinski definition) is 1.